The molecule has 1 fully saturated rings. The number of carbonyl (C=O) groups excluding carboxylic acids is 2. The van der Waals surface area contributed by atoms with E-state index in [2.05, 4.69) is 17.0 Å². The van der Waals surface area contributed by atoms with Crippen LogP contribution >= 0.6 is 0 Å². The van der Waals surface area contributed by atoms with Crippen molar-refractivity contribution in [3.8, 4) is 5.75 Å². The number of carbonyl (C=O) groups is 2. The maximum absolute atomic E-state index is 13.0. The zero-order chi connectivity index (χ0) is 23.9. The van der Waals surface area contributed by atoms with Crippen LogP contribution in [0.3, 0.4) is 0 Å². The Morgan fingerprint density at radius 1 is 0.912 bits per heavy atom. The first-order chi connectivity index (χ1) is 16.5. The average Bonchev–Trinajstić information content (AvgIpc) is 2.88. The Bertz CT molecular complexity index is 1110. The van der Waals surface area contributed by atoms with Crippen molar-refractivity contribution in [3.05, 3.63) is 95.8 Å². The molecule has 1 aliphatic heterocycles. The van der Waals surface area contributed by atoms with Crippen LogP contribution in [-0.2, 0) is 16.1 Å². The molecule has 0 spiro atoms. The molecule has 3 aromatic carbocycles. The van der Waals surface area contributed by atoms with E-state index in [-0.39, 0.29) is 18.3 Å². The molecule has 6 nitrogen and oxygen atoms in total. The predicted molar refractivity (Wildman–Crippen MR) is 127 cm³/mol. The van der Waals surface area contributed by atoms with Gasteiger partial charge >= 0.3 is 5.97 Å². The fourth-order valence-corrected chi connectivity index (χ4v) is 3.82. The summed E-state index contributed by atoms with van der Waals surface area (Å²) in [7, 11) is 0. The van der Waals surface area contributed by atoms with Gasteiger partial charge in [-0.1, -0.05) is 36.4 Å². The third-order valence-corrected chi connectivity index (χ3v) is 5.73. The molecule has 1 amide bonds. The molecule has 0 radical (unpaired) electrons. The number of para-hydroxylation sites is 1. The first-order valence-corrected chi connectivity index (χ1v) is 11.3. The molecule has 0 aromatic heterocycles. The van der Waals surface area contributed by atoms with Crippen molar-refractivity contribution in [3.63, 3.8) is 0 Å². The minimum Gasteiger partial charge on any atom is -0.489 e. The smallest absolute Gasteiger partial charge is 0.339 e. The van der Waals surface area contributed by atoms with Gasteiger partial charge in [0.15, 0.2) is 6.10 Å². The number of amides is 1. The highest BCUT2D eigenvalue weighted by Gasteiger charge is 2.27. The normalized spacial score (nSPS) is 14.4. The van der Waals surface area contributed by atoms with Gasteiger partial charge in [0.2, 0.25) is 0 Å². The lowest BCUT2D eigenvalue weighted by Crippen LogP contribution is -2.51. The molecule has 0 bridgehead atoms. The Hall–Kier alpha value is -3.87. The van der Waals surface area contributed by atoms with Gasteiger partial charge in [0, 0.05) is 31.9 Å². The molecule has 0 N–H and O–H groups in total. The van der Waals surface area contributed by atoms with Crippen LogP contribution in [0, 0.1) is 5.82 Å². The second-order valence-electron chi connectivity index (χ2n) is 8.14. The molecule has 3 aromatic rings. The van der Waals surface area contributed by atoms with Crippen molar-refractivity contribution in [1.82, 2.24) is 4.90 Å². The molecule has 1 unspecified atom stereocenters. The Labute approximate surface area is 198 Å². The Balaban J connectivity index is 1.28. The van der Waals surface area contributed by atoms with Crippen molar-refractivity contribution in [2.24, 2.45) is 0 Å². The summed E-state index contributed by atoms with van der Waals surface area (Å²) in [5, 5.41) is 0. The largest absolute Gasteiger partial charge is 0.489 e. The number of ether oxygens (including phenoxy) is 2. The molecule has 1 heterocycles. The van der Waals surface area contributed by atoms with Crippen LogP contribution in [0.15, 0.2) is 78.9 Å². The molecule has 1 aliphatic rings. The Morgan fingerprint density at radius 3 is 2.32 bits per heavy atom. The van der Waals surface area contributed by atoms with Crippen LogP contribution in [0.25, 0.3) is 0 Å². The predicted octanol–water partition coefficient (Wildman–Crippen LogP) is 4.30. The van der Waals surface area contributed by atoms with Crippen LogP contribution in [0.2, 0.25) is 0 Å². The first kappa shape index (κ1) is 23.3. The van der Waals surface area contributed by atoms with Gasteiger partial charge in [0.1, 0.15) is 18.2 Å². The second-order valence-corrected chi connectivity index (χ2v) is 8.14. The van der Waals surface area contributed by atoms with E-state index >= 15 is 0 Å². The van der Waals surface area contributed by atoms with Crippen LogP contribution < -0.4 is 9.64 Å². The van der Waals surface area contributed by atoms with Crippen LogP contribution in [0.4, 0.5) is 10.1 Å². The van der Waals surface area contributed by atoms with Gasteiger partial charge in [-0.05, 0) is 55.0 Å². The van der Waals surface area contributed by atoms with Crippen molar-refractivity contribution < 1.29 is 23.5 Å². The average molecular weight is 463 g/mol. The summed E-state index contributed by atoms with van der Waals surface area (Å²) in [6.45, 7) is 4.43. The number of hydrogen-bond donors (Lipinski definition) is 0. The van der Waals surface area contributed by atoms with E-state index in [9.17, 15) is 14.0 Å². The zero-order valence-electron chi connectivity index (χ0n) is 19.0. The molecule has 7 heteroatoms. The number of anilines is 1. The van der Waals surface area contributed by atoms with Gasteiger partial charge in [0.05, 0.1) is 5.56 Å². The van der Waals surface area contributed by atoms with Gasteiger partial charge in [0.25, 0.3) is 5.91 Å². The van der Waals surface area contributed by atoms with Crippen molar-refractivity contribution in [2.45, 2.75) is 19.6 Å². The minimum atomic E-state index is -0.889. The maximum Gasteiger partial charge on any atom is 0.339 e. The second kappa shape index (κ2) is 10.8. The van der Waals surface area contributed by atoms with E-state index in [1.165, 1.54) is 12.1 Å². The van der Waals surface area contributed by atoms with Gasteiger partial charge in [-0.3, -0.25) is 4.79 Å². The van der Waals surface area contributed by atoms with E-state index in [0.717, 1.165) is 24.3 Å². The van der Waals surface area contributed by atoms with Crippen LogP contribution in [0.1, 0.15) is 22.8 Å². The number of esters is 1. The molecule has 34 heavy (non-hydrogen) atoms. The Kier molecular flexibility index (Phi) is 7.42. The van der Waals surface area contributed by atoms with Crippen molar-refractivity contribution >= 4 is 17.6 Å². The molecular formula is C27H27FN2O4. The summed E-state index contributed by atoms with van der Waals surface area (Å²) >= 11 is 0. The molecule has 176 valence electrons. The Morgan fingerprint density at radius 2 is 1.62 bits per heavy atom. The number of piperazine rings is 1. The lowest BCUT2D eigenvalue weighted by atomic mass is 10.2. The number of benzene rings is 3. The summed E-state index contributed by atoms with van der Waals surface area (Å²) in [6.07, 6.45) is -0.889. The first-order valence-electron chi connectivity index (χ1n) is 11.3. The number of rotatable bonds is 7. The van der Waals surface area contributed by atoms with Crippen molar-refractivity contribution in [1.29, 1.82) is 0 Å². The van der Waals surface area contributed by atoms with E-state index in [4.69, 9.17) is 9.47 Å². The molecule has 1 atom stereocenters. The summed E-state index contributed by atoms with van der Waals surface area (Å²) in [6, 6.07) is 22.7. The van der Waals surface area contributed by atoms with Gasteiger partial charge in [-0.2, -0.15) is 0 Å². The molecule has 0 aliphatic carbocycles. The highest BCUT2D eigenvalue weighted by Crippen LogP contribution is 2.19. The standard InChI is InChI=1S/C27H27FN2O4/c1-20(26(31)30-16-14-29(15-17-30)24-7-3-2-4-8-24)34-27(32)22-6-5-9-25(18-22)33-19-21-10-12-23(28)13-11-21/h2-13,18,20H,14-17,19H2,1H3. The number of nitrogens with zero attached hydrogens (tertiary/aromatic N) is 2. The SMILES string of the molecule is CC(OC(=O)c1cccc(OCc2ccc(F)cc2)c1)C(=O)N1CCN(c2ccccc2)CC1. The van der Waals surface area contributed by atoms with Gasteiger partial charge in [-0.15, -0.1) is 0 Å². The number of halogens is 1. The quantitative estimate of drug-likeness (QED) is 0.490. The molecule has 1 saturated heterocycles. The summed E-state index contributed by atoms with van der Waals surface area (Å²) in [5.74, 6) is -0.620. The highest BCUT2D eigenvalue weighted by molar-refractivity contribution is 5.92. The highest BCUT2D eigenvalue weighted by atomic mass is 19.1. The van der Waals surface area contributed by atoms with E-state index in [1.807, 2.05) is 18.2 Å². The van der Waals surface area contributed by atoms with Crippen LogP contribution in [-0.4, -0.2) is 49.1 Å². The zero-order valence-corrected chi connectivity index (χ0v) is 19.0. The van der Waals surface area contributed by atoms with E-state index < -0.39 is 12.1 Å². The molecule has 0 saturated carbocycles. The van der Waals surface area contributed by atoms with Gasteiger partial charge in [-0.25, -0.2) is 9.18 Å². The summed E-state index contributed by atoms with van der Waals surface area (Å²) in [4.78, 5) is 29.5. The fraction of sp³-hybridized carbons (Fsp3) is 0.259. The van der Waals surface area contributed by atoms with Crippen molar-refractivity contribution in [2.75, 3.05) is 31.1 Å². The molecule has 4 rings (SSSR count). The topological polar surface area (TPSA) is 59.1 Å². The maximum atomic E-state index is 13.0. The molecular weight excluding hydrogens is 435 g/mol. The third-order valence-electron chi connectivity index (χ3n) is 5.73. The minimum absolute atomic E-state index is 0.204. The van der Waals surface area contributed by atoms with Gasteiger partial charge < -0.3 is 19.3 Å². The lowest BCUT2D eigenvalue weighted by molar-refractivity contribution is -0.140. The number of hydrogen-bond acceptors (Lipinski definition) is 5. The van der Waals surface area contributed by atoms with Crippen LogP contribution in [0.5, 0.6) is 5.75 Å². The monoisotopic (exact) mass is 462 g/mol. The summed E-state index contributed by atoms with van der Waals surface area (Å²) in [5.41, 5.74) is 2.24. The fourth-order valence-electron chi connectivity index (χ4n) is 3.82. The summed E-state index contributed by atoms with van der Waals surface area (Å²) < 4.78 is 24.2. The third kappa shape index (κ3) is 5.92. The van der Waals surface area contributed by atoms with E-state index in [1.54, 1.807) is 48.2 Å². The van der Waals surface area contributed by atoms with E-state index in [0.29, 0.717) is 24.4 Å². The lowest BCUT2D eigenvalue weighted by Gasteiger charge is -2.37.